The van der Waals surface area contributed by atoms with Gasteiger partial charge >= 0.3 is 12.0 Å². The number of urea groups is 1. The summed E-state index contributed by atoms with van der Waals surface area (Å²) in [4.78, 5) is 33.3. The van der Waals surface area contributed by atoms with Gasteiger partial charge in [0.05, 0.1) is 11.7 Å². The van der Waals surface area contributed by atoms with Gasteiger partial charge in [-0.25, -0.2) is 9.59 Å². The molecule has 124 valence electrons. The van der Waals surface area contributed by atoms with Crippen molar-refractivity contribution in [2.24, 2.45) is 5.73 Å². The number of primary amides is 1. The van der Waals surface area contributed by atoms with E-state index in [1.807, 2.05) is 0 Å². The lowest BCUT2D eigenvalue weighted by Crippen LogP contribution is -2.37. The van der Waals surface area contributed by atoms with Crippen LogP contribution in [0.25, 0.3) is 0 Å². The van der Waals surface area contributed by atoms with E-state index in [4.69, 9.17) is 19.9 Å². The average Bonchev–Trinajstić information content (AvgIpc) is 3.04. The van der Waals surface area contributed by atoms with Crippen LogP contribution in [0.3, 0.4) is 0 Å². The molecule has 1 aromatic rings. The molecule has 23 heavy (non-hydrogen) atoms. The Labute approximate surface area is 132 Å². The third kappa shape index (κ3) is 5.59. The monoisotopic (exact) mass is 322 g/mol. The first kappa shape index (κ1) is 16.8. The number of hydrogen-bond acceptors (Lipinski definition) is 6. The molecule has 2 rings (SSSR count). The van der Waals surface area contributed by atoms with Crippen LogP contribution >= 0.6 is 0 Å². The molecule has 1 aliphatic rings. The van der Waals surface area contributed by atoms with E-state index in [0.29, 0.717) is 12.4 Å². The fraction of sp³-hybridized carbons (Fsp3) is 0.400. The zero-order valence-electron chi connectivity index (χ0n) is 12.4. The van der Waals surface area contributed by atoms with E-state index >= 15 is 0 Å². The van der Waals surface area contributed by atoms with Crippen molar-refractivity contribution in [2.45, 2.75) is 18.9 Å². The summed E-state index contributed by atoms with van der Waals surface area (Å²) in [5.74, 6) is -0.860. The third-order valence-electron chi connectivity index (χ3n) is 3.15. The van der Waals surface area contributed by atoms with E-state index in [-0.39, 0.29) is 11.7 Å². The van der Waals surface area contributed by atoms with Crippen LogP contribution in [0.1, 0.15) is 23.2 Å². The summed E-state index contributed by atoms with van der Waals surface area (Å²) in [6.45, 7) is 0.651. The topological polar surface area (TPSA) is 117 Å². The molecular formula is C15H18N2O6. The molecule has 0 aromatic heterocycles. The predicted molar refractivity (Wildman–Crippen MR) is 78.9 cm³/mol. The number of carbonyl (C=O) groups is 3. The van der Waals surface area contributed by atoms with Crippen LogP contribution in [0.4, 0.5) is 4.79 Å². The Bertz CT molecular complexity index is 566. The van der Waals surface area contributed by atoms with E-state index < -0.39 is 24.5 Å². The summed E-state index contributed by atoms with van der Waals surface area (Å²) in [6.07, 6.45) is 2.14. The van der Waals surface area contributed by atoms with Crippen molar-refractivity contribution in [3.8, 4) is 5.75 Å². The molecule has 1 aliphatic heterocycles. The number of rotatable bonds is 6. The number of nitrogens with one attached hydrogen (secondary N) is 1. The number of esters is 1. The van der Waals surface area contributed by atoms with Crippen LogP contribution < -0.4 is 15.8 Å². The van der Waals surface area contributed by atoms with Gasteiger partial charge in [0, 0.05) is 6.61 Å². The molecule has 0 saturated carbocycles. The number of amides is 3. The number of carbonyl (C=O) groups excluding carboxylic acids is 3. The summed E-state index contributed by atoms with van der Waals surface area (Å²) >= 11 is 0. The van der Waals surface area contributed by atoms with Crippen molar-refractivity contribution >= 4 is 17.9 Å². The molecule has 3 N–H and O–H groups in total. The zero-order valence-corrected chi connectivity index (χ0v) is 12.4. The Morgan fingerprint density at radius 3 is 2.61 bits per heavy atom. The highest BCUT2D eigenvalue weighted by molar-refractivity contribution is 5.96. The van der Waals surface area contributed by atoms with E-state index in [0.717, 1.165) is 19.4 Å². The minimum Gasteiger partial charge on any atom is -0.491 e. The quantitative estimate of drug-likeness (QED) is 0.741. The van der Waals surface area contributed by atoms with Crippen molar-refractivity contribution in [3.63, 3.8) is 0 Å². The minimum atomic E-state index is -1.00. The summed E-state index contributed by atoms with van der Waals surface area (Å²) in [5, 5.41) is 1.79. The molecule has 8 heteroatoms. The van der Waals surface area contributed by atoms with Crippen molar-refractivity contribution in [2.75, 3.05) is 19.8 Å². The van der Waals surface area contributed by atoms with Crippen LogP contribution in [-0.4, -0.2) is 43.8 Å². The molecule has 0 radical (unpaired) electrons. The zero-order chi connectivity index (χ0) is 16.7. The lowest BCUT2D eigenvalue weighted by Gasteiger charge is -2.11. The highest BCUT2D eigenvalue weighted by atomic mass is 16.5. The number of ether oxygens (including phenoxy) is 3. The molecule has 0 unspecified atom stereocenters. The van der Waals surface area contributed by atoms with Crippen LogP contribution in [0, 0.1) is 0 Å². The standard InChI is InChI=1S/C15H18N2O6/c16-15(20)17-13(18)9-23-14(19)10-3-5-11(6-4-10)22-8-12-2-1-7-21-12/h3-6,12H,1-2,7-9H2,(H3,16,17,18,20)/t12-/m0/s1. The molecule has 1 heterocycles. The van der Waals surface area contributed by atoms with Gasteiger partial charge in [0.1, 0.15) is 12.4 Å². The molecule has 0 bridgehead atoms. The van der Waals surface area contributed by atoms with Crippen molar-refractivity contribution in [1.82, 2.24) is 5.32 Å². The first-order valence-corrected chi connectivity index (χ1v) is 7.15. The molecule has 1 aromatic carbocycles. The van der Waals surface area contributed by atoms with E-state index in [2.05, 4.69) is 0 Å². The van der Waals surface area contributed by atoms with E-state index in [1.165, 1.54) is 12.1 Å². The number of imide groups is 1. The van der Waals surface area contributed by atoms with Crippen LogP contribution in [0.2, 0.25) is 0 Å². The van der Waals surface area contributed by atoms with E-state index in [1.54, 1.807) is 17.4 Å². The smallest absolute Gasteiger partial charge is 0.338 e. The van der Waals surface area contributed by atoms with Gasteiger partial charge < -0.3 is 19.9 Å². The first-order chi connectivity index (χ1) is 11.0. The highest BCUT2D eigenvalue weighted by Gasteiger charge is 2.16. The second kappa shape index (κ2) is 8.14. The van der Waals surface area contributed by atoms with Gasteiger partial charge in [0.2, 0.25) is 0 Å². The van der Waals surface area contributed by atoms with Gasteiger partial charge in [-0.2, -0.15) is 0 Å². The molecule has 0 aliphatic carbocycles. The number of nitrogens with two attached hydrogens (primary N) is 1. The Balaban J connectivity index is 1.77. The van der Waals surface area contributed by atoms with Gasteiger partial charge in [0.25, 0.3) is 5.91 Å². The Morgan fingerprint density at radius 1 is 1.26 bits per heavy atom. The fourth-order valence-electron chi connectivity index (χ4n) is 2.04. The SMILES string of the molecule is NC(=O)NC(=O)COC(=O)c1ccc(OC[C@@H]2CCCO2)cc1. The van der Waals surface area contributed by atoms with E-state index in [9.17, 15) is 14.4 Å². The predicted octanol–water partition coefficient (Wildman–Crippen LogP) is 0.596. The molecule has 1 atom stereocenters. The van der Waals surface area contributed by atoms with Crippen molar-refractivity contribution in [3.05, 3.63) is 29.8 Å². The molecule has 3 amide bonds. The number of hydrogen-bond donors (Lipinski definition) is 2. The molecule has 0 spiro atoms. The van der Waals surface area contributed by atoms with Crippen LogP contribution in [-0.2, 0) is 14.3 Å². The molecule has 8 nitrogen and oxygen atoms in total. The van der Waals surface area contributed by atoms with Gasteiger partial charge in [0.15, 0.2) is 6.61 Å². The lowest BCUT2D eigenvalue weighted by atomic mass is 10.2. The second-order valence-corrected chi connectivity index (χ2v) is 4.96. The molecule has 1 fully saturated rings. The van der Waals surface area contributed by atoms with Gasteiger partial charge in [-0.15, -0.1) is 0 Å². The normalized spacial score (nSPS) is 16.6. The van der Waals surface area contributed by atoms with Crippen molar-refractivity contribution in [1.29, 1.82) is 0 Å². The summed E-state index contributed by atoms with van der Waals surface area (Å²) in [5.41, 5.74) is 5.03. The number of benzene rings is 1. The average molecular weight is 322 g/mol. The molecule has 1 saturated heterocycles. The van der Waals surface area contributed by atoms with Crippen LogP contribution in [0.5, 0.6) is 5.75 Å². The Hall–Kier alpha value is -2.61. The first-order valence-electron chi connectivity index (χ1n) is 7.15. The fourth-order valence-corrected chi connectivity index (χ4v) is 2.04. The minimum absolute atomic E-state index is 0.114. The summed E-state index contributed by atoms with van der Waals surface area (Å²) < 4.78 is 15.8. The molecular weight excluding hydrogens is 304 g/mol. The maximum Gasteiger partial charge on any atom is 0.338 e. The van der Waals surface area contributed by atoms with Gasteiger partial charge in [-0.1, -0.05) is 0 Å². The lowest BCUT2D eigenvalue weighted by molar-refractivity contribution is -0.123. The highest BCUT2D eigenvalue weighted by Crippen LogP contribution is 2.17. The summed E-state index contributed by atoms with van der Waals surface area (Å²) in [7, 11) is 0. The maximum atomic E-state index is 11.7. The van der Waals surface area contributed by atoms with Gasteiger partial charge in [-0.3, -0.25) is 10.1 Å². The van der Waals surface area contributed by atoms with Crippen molar-refractivity contribution < 1.29 is 28.6 Å². The maximum absolute atomic E-state index is 11.7. The Kier molecular flexibility index (Phi) is 5.93. The second-order valence-electron chi connectivity index (χ2n) is 4.96. The summed E-state index contributed by atoms with van der Waals surface area (Å²) in [6, 6.07) is 5.32. The van der Waals surface area contributed by atoms with Gasteiger partial charge in [-0.05, 0) is 37.1 Å². The Morgan fingerprint density at radius 2 is 2.00 bits per heavy atom. The third-order valence-corrected chi connectivity index (χ3v) is 3.15. The largest absolute Gasteiger partial charge is 0.491 e. The van der Waals surface area contributed by atoms with Crippen LogP contribution in [0.15, 0.2) is 24.3 Å².